The van der Waals surface area contributed by atoms with Crippen LogP contribution in [0.2, 0.25) is 5.02 Å². The minimum atomic E-state index is -4.69. The van der Waals surface area contributed by atoms with Crippen LogP contribution in [0.1, 0.15) is 16.2 Å². The summed E-state index contributed by atoms with van der Waals surface area (Å²) in [7, 11) is 0. The van der Waals surface area contributed by atoms with E-state index in [0.717, 1.165) is 6.07 Å². The number of nitrogens with one attached hydrogen (secondary N) is 1. The molecule has 0 radical (unpaired) electrons. The minimum absolute atomic E-state index is 0.0628. The summed E-state index contributed by atoms with van der Waals surface area (Å²) in [6, 6.07) is 10.6. The van der Waals surface area contributed by atoms with Crippen LogP contribution in [0.3, 0.4) is 0 Å². The molecule has 4 aromatic rings. The molecule has 0 aliphatic rings. The van der Waals surface area contributed by atoms with Crippen molar-refractivity contribution >= 4 is 56.1 Å². The van der Waals surface area contributed by atoms with E-state index in [0.29, 0.717) is 20.1 Å². The molecule has 3 heterocycles. The maximum absolute atomic E-state index is 13.7. The van der Waals surface area contributed by atoms with Gasteiger partial charge in [-0.3, -0.25) is 4.79 Å². The maximum atomic E-state index is 13.7. The van der Waals surface area contributed by atoms with Gasteiger partial charge < -0.3 is 5.32 Å². The van der Waals surface area contributed by atoms with E-state index in [-0.39, 0.29) is 21.5 Å². The van der Waals surface area contributed by atoms with Crippen LogP contribution in [0.5, 0.6) is 0 Å². The number of rotatable bonds is 3. The van der Waals surface area contributed by atoms with Gasteiger partial charge in [-0.05, 0) is 57.7 Å². The number of alkyl halides is 3. The number of halogens is 5. The van der Waals surface area contributed by atoms with Gasteiger partial charge in [0.1, 0.15) is 0 Å². The number of benzene rings is 1. The van der Waals surface area contributed by atoms with E-state index >= 15 is 0 Å². The van der Waals surface area contributed by atoms with Gasteiger partial charge >= 0.3 is 6.18 Å². The predicted octanol–water partition coefficient (Wildman–Crippen LogP) is 6.14. The largest absolute Gasteiger partial charge is 0.433 e. The van der Waals surface area contributed by atoms with Crippen molar-refractivity contribution in [3.8, 4) is 10.6 Å². The molecule has 3 aromatic heterocycles. The molecular formula is C18H9BrClF3N4OS. The number of carbonyl (C=O) groups is 1. The Morgan fingerprint density at radius 3 is 2.55 bits per heavy atom. The van der Waals surface area contributed by atoms with E-state index in [1.807, 2.05) is 0 Å². The molecule has 0 aliphatic heterocycles. The Bertz CT molecular complexity index is 1210. The van der Waals surface area contributed by atoms with Gasteiger partial charge in [0.25, 0.3) is 5.91 Å². The number of aromatic nitrogens is 3. The summed E-state index contributed by atoms with van der Waals surface area (Å²) < 4.78 is 41.6. The molecule has 1 N–H and O–H groups in total. The first kappa shape index (κ1) is 19.9. The fourth-order valence-corrected chi connectivity index (χ4v) is 3.94. The van der Waals surface area contributed by atoms with Crippen molar-refractivity contribution in [2.45, 2.75) is 6.18 Å². The standard InChI is InChI=1S/C18H9BrClF3N4OS/c19-14-15(17(28)24-10-5-3-9(20)4-6-10)26-27-13(18(21,22)23)8-11(25-16(14)27)12-2-1-7-29-12/h1-8H,(H,24,28). The second-order valence-electron chi connectivity index (χ2n) is 5.86. The topological polar surface area (TPSA) is 59.3 Å². The highest BCUT2D eigenvalue weighted by Crippen LogP contribution is 2.35. The third-order valence-corrected chi connectivity index (χ3v) is 5.79. The molecule has 0 atom stereocenters. The van der Waals surface area contributed by atoms with Gasteiger partial charge in [0.15, 0.2) is 17.0 Å². The average molecular weight is 502 g/mol. The van der Waals surface area contributed by atoms with Crippen LogP contribution in [-0.2, 0) is 6.18 Å². The Labute approximate surface area is 179 Å². The number of hydrogen-bond donors (Lipinski definition) is 1. The van der Waals surface area contributed by atoms with Crippen molar-refractivity contribution in [1.82, 2.24) is 14.6 Å². The number of carbonyl (C=O) groups excluding carboxylic acids is 1. The zero-order chi connectivity index (χ0) is 20.8. The Morgan fingerprint density at radius 2 is 1.93 bits per heavy atom. The highest BCUT2D eigenvalue weighted by molar-refractivity contribution is 9.10. The van der Waals surface area contributed by atoms with Crippen molar-refractivity contribution in [2.24, 2.45) is 0 Å². The molecule has 11 heteroatoms. The van der Waals surface area contributed by atoms with Crippen molar-refractivity contribution in [3.63, 3.8) is 0 Å². The second-order valence-corrected chi connectivity index (χ2v) is 8.04. The van der Waals surface area contributed by atoms with E-state index in [1.54, 1.807) is 41.8 Å². The van der Waals surface area contributed by atoms with Crippen LogP contribution in [-0.4, -0.2) is 20.5 Å². The van der Waals surface area contributed by atoms with E-state index in [9.17, 15) is 18.0 Å². The number of anilines is 1. The van der Waals surface area contributed by atoms with Crippen LogP contribution in [0.4, 0.5) is 18.9 Å². The summed E-state index contributed by atoms with van der Waals surface area (Å²) >= 11 is 10.3. The summed E-state index contributed by atoms with van der Waals surface area (Å²) in [6.07, 6.45) is -4.69. The SMILES string of the molecule is O=C(Nc1ccc(Cl)cc1)c1nn2c(C(F)(F)F)cc(-c3cccs3)nc2c1Br. The van der Waals surface area contributed by atoms with Crippen molar-refractivity contribution in [1.29, 1.82) is 0 Å². The molecule has 29 heavy (non-hydrogen) atoms. The summed E-state index contributed by atoms with van der Waals surface area (Å²) in [4.78, 5) is 17.5. The van der Waals surface area contributed by atoms with Crippen LogP contribution in [0.15, 0.2) is 52.3 Å². The van der Waals surface area contributed by atoms with Gasteiger partial charge in [-0.1, -0.05) is 17.7 Å². The van der Waals surface area contributed by atoms with Gasteiger partial charge in [-0.15, -0.1) is 11.3 Å². The number of fused-ring (bicyclic) bond motifs is 1. The Morgan fingerprint density at radius 1 is 1.21 bits per heavy atom. The number of amides is 1. The van der Waals surface area contributed by atoms with Crippen molar-refractivity contribution < 1.29 is 18.0 Å². The minimum Gasteiger partial charge on any atom is -0.321 e. The Balaban J connectivity index is 1.83. The normalized spacial score (nSPS) is 11.8. The van der Waals surface area contributed by atoms with Crippen LogP contribution in [0, 0.1) is 0 Å². The number of hydrogen-bond acceptors (Lipinski definition) is 4. The second kappa shape index (κ2) is 7.43. The van der Waals surface area contributed by atoms with E-state index < -0.39 is 17.8 Å². The lowest BCUT2D eigenvalue weighted by atomic mass is 10.2. The molecule has 4 rings (SSSR count). The number of nitrogens with zero attached hydrogens (tertiary/aromatic N) is 3. The summed E-state index contributed by atoms with van der Waals surface area (Å²) in [6.45, 7) is 0. The first-order chi connectivity index (χ1) is 13.7. The molecule has 1 aromatic carbocycles. The molecule has 0 fully saturated rings. The number of thiophene rings is 1. The Kier molecular flexibility index (Phi) is 5.09. The maximum Gasteiger partial charge on any atom is 0.433 e. The van der Waals surface area contributed by atoms with Crippen molar-refractivity contribution in [3.05, 3.63) is 68.7 Å². The van der Waals surface area contributed by atoms with Crippen LogP contribution >= 0.6 is 38.9 Å². The summed E-state index contributed by atoms with van der Waals surface area (Å²) in [5, 5.41) is 8.67. The smallest absolute Gasteiger partial charge is 0.321 e. The Hall–Kier alpha value is -2.43. The lowest BCUT2D eigenvalue weighted by Crippen LogP contribution is -2.15. The lowest BCUT2D eigenvalue weighted by molar-refractivity contribution is -0.142. The van der Waals surface area contributed by atoms with Crippen LogP contribution in [0.25, 0.3) is 16.2 Å². The van der Waals surface area contributed by atoms with Gasteiger partial charge in [-0.25, -0.2) is 9.50 Å². The molecule has 5 nitrogen and oxygen atoms in total. The predicted molar refractivity (Wildman–Crippen MR) is 108 cm³/mol. The zero-order valence-electron chi connectivity index (χ0n) is 14.2. The highest BCUT2D eigenvalue weighted by Gasteiger charge is 2.36. The molecule has 0 aliphatic carbocycles. The molecular weight excluding hydrogens is 493 g/mol. The average Bonchev–Trinajstić information content (AvgIpc) is 3.31. The highest BCUT2D eigenvalue weighted by atomic mass is 79.9. The quantitative estimate of drug-likeness (QED) is 0.367. The van der Waals surface area contributed by atoms with E-state index in [2.05, 4.69) is 31.3 Å². The lowest BCUT2D eigenvalue weighted by Gasteiger charge is -2.10. The fraction of sp³-hybridized carbons (Fsp3) is 0.0556. The van der Waals surface area contributed by atoms with Crippen molar-refractivity contribution in [2.75, 3.05) is 5.32 Å². The summed E-state index contributed by atoms with van der Waals surface area (Å²) in [5.41, 5.74) is -0.792. The van der Waals surface area contributed by atoms with E-state index in [4.69, 9.17) is 11.6 Å². The molecule has 0 unspecified atom stereocenters. The first-order valence-electron chi connectivity index (χ1n) is 8.01. The zero-order valence-corrected chi connectivity index (χ0v) is 17.3. The van der Waals surface area contributed by atoms with E-state index in [1.165, 1.54) is 11.3 Å². The van der Waals surface area contributed by atoms with Gasteiger partial charge in [0.2, 0.25) is 0 Å². The van der Waals surface area contributed by atoms with Gasteiger partial charge in [0, 0.05) is 10.7 Å². The molecule has 0 saturated carbocycles. The first-order valence-corrected chi connectivity index (χ1v) is 10.1. The van der Waals surface area contributed by atoms with Gasteiger partial charge in [0.05, 0.1) is 15.0 Å². The third-order valence-electron chi connectivity index (χ3n) is 3.91. The van der Waals surface area contributed by atoms with Gasteiger partial charge in [-0.2, -0.15) is 18.3 Å². The molecule has 148 valence electrons. The molecule has 0 spiro atoms. The van der Waals surface area contributed by atoms with Crippen LogP contribution < -0.4 is 5.32 Å². The molecule has 0 bridgehead atoms. The monoisotopic (exact) mass is 500 g/mol. The molecule has 1 amide bonds. The molecule has 0 saturated heterocycles. The summed E-state index contributed by atoms with van der Waals surface area (Å²) in [5.74, 6) is -0.685. The fourth-order valence-electron chi connectivity index (χ4n) is 2.61. The third kappa shape index (κ3) is 3.87.